The second-order valence-electron chi connectivity index (χ2n) is 6.50. The van der Waals surface area contributed by atoms with Gasteiger partial charge < -0.3 is 9.15 Å². The van der Waals surface area contributed by atoms with Crippen LogP contribution < -0.4 is 0 Å². The number of benzene rings is 1. The van der Waals surface area contributed by atoms with E-state index < -0.39 is 11.9 Å². The molecule has 1 amide bonds. The van der Waals surface area contributed by atoms with Crippen LogP contribution in [-0.4, -0.2) is 40.0 Å². The van der Waals surface area contributed by atoms with Crippen LogP contribution in [0.4, 0.5) is 0 Å². The van der Waals surface area contributed by atoms with Gasteiger partial charge in [0.2, 0.25) is 5.17 Å². The zero-order valence-corrected chi connectivity index (χ0v) is 17.2. The van der Waals surface area contributed by atoms with Crippen molar-refractivity contribution < 1.29 is 18.7 Å². The standard InChI is InChI=1S/C21H18N4O4S/c1-3-6-17-24-25-18(22)15(19(26)23-21(25)30-17)11-12-9-10-16(29-12)13-7-4-5-8-14(13)20(27)28-2/h4-5,7-11,22H,3,6H2,1-2H3/b15-11-,22-18?. The van der Waals surface area contributed by atoms with E-state index in [1.165, 1.54) is 30.0 Å². The molecule has 2 aromatic rings. The highest BCUT2D eigenvalue weighted by molar-refractivity contribution is 8.26. The van der Waals surface area contributed by atoms with Gasteiger partial charge in [0, 0.05) is 5.56 Å². The Morgan fingerprint density at radius 1 is 1.30 bits per heavy atom. The zero-order valence-electron chi connectivity index (χ0n) is 16.3. The first-order chi connectivity index (χ1) is 14.5. The highest BCUT2D eigenvalue weighted by Crippen LogP contribution is 2.31. The van der Waals surface area contributed by atoms with Crippen LogP contribution in [0.5, 0.6) is 0 Å². The summed E-state index contributed by atoms with van der Waals surface area (Å²) in [7, 11) is 1.32. The van der Waals surface area contributed by atoms with Crippen molar-refractivity contribution >= 4 is 45.8 Å². The van der Waals surface area contributed by atoms with Gasteiger partial charge >= 0.3 is 5.97 Å². The lowest BCUT2D eigenvalue weighted by molar-refractivity contribution is -0.114. The summed E-state index contributed by atoms with van der Waals surface area (Å²) in [5, 5.41) is 15.4. The molecule has 0 radical (unpaired) electrons. The van der Waals surface area contributed by atoms with Crippen molar-refractivity contribution in [1.29, 1.82) is 5.41 Å². The van der Waals surface area contributed by atoms with Gasteiger partial charge in [-0.2, -0.15) is 15.1 Å². The predicted molar refractivity (Wildman–Crippen MR) is 115 cm³/mol. The molecule has 0 saturated heterocycles. The van der Waals surface area contributed by atoms with Crippen LogP contribution in [0, 0.1) is 5.41 Å². The zero-order chi connectivity index (χ0) is 21.3. The summed E-state index contributed by atoms with van der Waals surface area (Å²) in [4.78, 5) is 28.6. The third-order valence-corrected chi connectivity index (χ3v) is 5.44. The maximum absolute atomic E-state index is 12.5. The molecule has 2 aliphatic rings. The van der Waals surface area contributed by atoms with Gasteiger partial charge in [-0.1, -0.05) is 25.1 Å². The van der Waals surface area contributed by atoms with E-state index in [0.29, 0.717) is 27.8 Å². The minimum absolute atomic E-state index is 0.0449. The van der Waals surface area contributed by atoms with Crippen molar-refractivity contribution in [2.75, 3.05) is 7.11 Å². The Bertz CT molecular complexity index is 1150. The minimum atomic E-state index is -0.514. The smallest absolute Gasteiger partial charge is 0.338 e. The largest absolute Gasteiger partial charge is 0.465 e. The molecule has 0 atom stereocenters. The molecule has 4 rings (SSSR count). The third kappa shape index (κ3) is 3.59. The van der Waals surface area contributed by atoms with E-state index in [1.807, 2.05) is 6.92 Å². The monoisotopic (exact) mass is 422 g/mol. The summed E-state index contributed by atoms with van der Waals surface area (Å²) >= 11 is 1.31. The van der Waals surface area contributed by atoms with E-state index in [9.17, 15) is 9.59 Å². The van der Waals surface area contributed by atoms with Crippen LogP contribution in [-0.2, 0) is 9.53 Å². The number of fused-ring (bicyclic) bond motifs is 1. The van der Waals surface area contributed by atoms with Crippen LogP contribution in [0.25, 0.3) is 17.4 Å². The fraction of sp³-hybridized carbons (Fsp3) is 0.190. The number of esters is 1. The molecule has 152 valence electrons. The van der Waals surface area contributed by atoms with Crippen molar-refractivity contribution in [2.24, 2.45) is 10.1 Å². The van der Waals surface area contributed by atoms with Gasteiger partial charge in [0.05, 0.1) is 18.2 Å². The molecule has 3 heterocycles. The molecule has 0 spiro atoms. The van der Waals surface area contributed by atoms with Gasteiger partial charge in [0.1, 0.15) is 16.6 Å². The van der Waals surface area contributed by atoms with Crippen LogP contribution >= 0.6 is 11.8 Å². The van der Waals surface area contributed by atoms with Crippen molar-refractivity contribution in [3.63, 3.8) is 0 Å². The van der Waals surface area contributed by atoms with Gasteiger partial charge in [0.25, 0.3) is 5.91 Å². The molecular formula is C21H18N4O4S. The first kappa shape index (κ1) is 19.8. The summed E-state index contributed by atoms with van der Waals surface area (Å²) in [6.45, 7) is 2.04. The molecule has 1 aromatic carbocycles. The highest BCUT2D eigenvalue weighted by Gasteiger charge is 2.35. The Balaban J connectivity index is 1.65. The summed E-state index contributed by atoms with van der Waals surface area (Å²) in [6, 6.07) is 10.3. The fourth-order valence-corrected chi connectivity index (χ4v) is 4.04. The molecule has 0 unspecified atom stereocenters. The number of hydrogen-bond donors (Lipinski definition) is 1. The molecular weight excluding hydrogens is 404 g/mol. The van der Waals surface area contributed by atoms with Gasteiger partial charge in [-0.05, 0) is 48.9 Å². The molecule has 0 saturated carbocycles. The maximum Gasteiger partial charge on any atom is 0.338 e. The van der Waals surface area contributed by atoms with Crippen LogP contribution in [0.3, 0.4) is 0 Å². The first-order valence-electron chi connectivity index (χ1n) is 9.28. The topological polar surface area (TPSA) is 108 Å². The number of nitrogens with zero attached hydrogens (tertiary/aromatic N) is 3. The number of thioether (sulfide) groups is 1. The van der Waals surface area contributed by atoms with E-state index in [1.54, 1.807) is 36.4 Å². The number of aliphatic imine (C=N–C) groups is 1. The molecule has 1 aromatic heterocycles. The number of methoxy groups -OCH3 is 1. The van der Waals surface area contributed by atoms with Gasteiger partial charge in [-0.15, -0.1) is 0 Å². The minimum Gasteiger partial charge on any atom is -0.465 e. The molecule has 2 aliphatic heterocycles. The second-order valence-corrected chi connectivity index (χ2v) is 7.54. The molecule has 30 heavy (non-hydrogen) atoms. The van der Waals surface area contributed by atoms with E-state index in [-0.39, 0.29) is 11.4 Å². The van der Waals surface area contributed by atoms with Gasteiger partial charge in [-0.25, -0.2) is 4.79 Å². The summed E-state index contributed by atoms with van der Waals surface area (Å²) in [6.07, 6.45) is 3.15. The Kier molecular flexibility index (Phi) is 5.37. The molecule has 8 nitrogen and oxygen atoms in total. The number of ether oxygens (including phenoxy) is 1. The van der Waals surface area contributed by atoms with Crippen LogP contribution in [0.1, 0.15) is 35.9 Å². The molecule has 0 aliphatic carbocycles. The second kappa shape index (κ2) is 8.11. The summed E-state index contributed by atoms with van der Waals surface area (Å²) in [5.41, 5.74) is 1.03. The van der Waals surface area contributed by atoms with Crippen molar-refractivity contribution in [3.05, 3.63) is 53.3 Å². The van der Waals surface area contributed by atoms with E-state index >= 15 is 0 Å². The first-order valence-corrected chi connectivity index (χ1v) is 10.1. The number of hydrazone groups is 1. The van der Waals surface area contributed by atoms with Crippen LogP contribution in [0.15, 0.2) is 56.5 Å². The average Bonchev–Trinajstić information content (AvgIpc) is 3.38. The lowest BCUT2D eigenvalue weighted by Gasteiger charge is -2.19. The molecule has 0 fully saturated rings. The Morgan fingerprint density at radius 2 is 2.10 bits per heavy atom. The number of furan rings is 1. The summed E-state index contributed by atoms with van der Waals surface area (Å²) in [5.74, 6) is -0.223. The number of amides is 1. The average molecular weight is 422 g/mol. The highest BCUT2D eigenvalue weighted by atomic mass is 32.2. The molecule has 1 N–H and O–H groups in total. The molecule has 9 heteroatoms. The number of rotatable bonds is 5. The quantitative estimate of drug-likeness (QED) is 0.573. The van der Waals surface area contributed by atoms with E-state index in [0.717, 1.165) is 17.9 Å². The number of carbonyl (C=O) groups excluding carboxylic acids is 2. The lowest BCUT2D eigenvalue weighted by atomic mass is 10.1. The predicted octanol–water partition coefficient (Wildman–Crippen LogP) is 4.15. The Morgan fingerprint density at radius 3 is 2.87 bits per heavy atom. The van der Waals surface area contributed by atoms with Crippen molar-refractivity contribution in [1.82, 2.24) is 5.01 Å². The Labute approximate surface area is 176 Å². The van der Waals surface area contributed by atoms with Crippen molar-refractivity contribution in [3.8, 4) is 11.3 Å². The van der Waals surface area contributed by atoms with Gasteiger partial charge in [0.15, 0.2) is 5.84 Å². The maximum atomic E-state index is 12.5. The lowest BCUT2D eigenvalue weighted by Crippen LogP contribution is -2.35. The molecule has 0 bridgehead atoms. The van der Waals surface area contributed by atoms with E-state index in [4.69, 9.17) is 14.6 Å². The summed E-state index contributed by atoms with van der Waals surface area (Å²) < 4.78 is 10.7. The fourth-order valence-electron chi connectivity index (χ4n) is 3.05. The SMILES string of the molecule is CCCC1=NN2C(=N)/C(=C/c3ccc(-c4ccccc4C(=O)OC)o3)C(=O)N=C2S1. The third-order valence-electron chi connectivity index (χ3n) is 4.47. The van der Waals surface area contributed by atoms with Crippen LogP contribution in [0.2, 0.25) is 0 Å². The number of carbonyl (C=O) groups is 2. The van der Waals surface area contributed by atoms with Gasteiger partial charge in [-0.3, -0.25) is 10.2 Å². The normalized spacial score (nSPS) is 17.1. The number of nitrogens with one attached hydrogen (secondary N) is 1. The Hall–Kier alpha value is -3.46. The van der Waals surface area contributed by atoms with E-state index in [2.05, 4.69) is 10.1 Å². The number of amidine groups is 2. The van der Waals surface area contributed by atoms with Crippen molar-refractivity contribution in [2.45, 2.75) is 19.8 Å². The number of hydrogen-bond acceptors (Lipinski definition) is 7.